The highest BCUT2D eigenvalue weighted by Crippen LogP contribution is 2.65. The largest absolute Gasteiger partial charge is 0.365 e. The van der Waals surface area contributed by atoms with E-state index in [1.807, 2.05) is 0 Å². The molecule has 0 amide bonds. The van der Waals surface area contributed by atoms with Crippen LogP contribution in [0.4, 0.5) is 0 Å². The van der Waals surface area contributed by atoms with Gasteiger partial charge in [-0.2, -0.15) is 0 Å². The number of aliphatic hydroxyl groups is 2. The summed E-state index contributed by atoms with van der Waals surface area (Å²) >= 11 is 0. The van der Waals surface area contributed by atoms with Crippen LogP contribution in [-0.4, -0.2) is 22.5 Å². The quantitative estimate of drug-likeness (QED) is 0.498. The molecule has 0 radical (unpaired) electrons. The van der Waals surface area contributed by atoms with Crippen LogP contribution in [0, 0.1) is 29.6 Å². The van der Waals surface area contributed by atoms with Gasteiger partial charge in [0.2, 0.25) is 0 Å². The lowest BCUT2D eigenvalue weighted by Gasteiger charge is -2.54. The number of nitrogens with two attached hydrogens (primary N) is 1. The molecule has 13 heavy (non-hydrogen) atoms. The van der Waals surface area contributed by atoms with Crippen molar-refractivity contribution < 1.29 is 10.2 Å². The molecule has 5 unspecified atom stereocenters. The molecule has 0 aliphatic heterocycles. The van der Waals surface area contributed by atoms with E-state index in [0.29, 0.717) is 36.6 Å². The van der Waals surface area contributed by atoms with Gasteiger partial charge in [-0.3, -0.25) is 0 Å². The number of hydrogen-bond donors (Lipinski definition) is 3. The molecule has 0 aromatic carbocycles. The van der Waals surface area contributed by atoms with Gasteiger partial charge in [-0.15, -0.1) is 0 Å². The van der Waals surface area contributed by atoms with Gasteiger partial charge in [-0.1, -0.05) is 0 Å². The average molecular weight is 183 g/mol. The summed E-state index contributed by atoms with van der Waals surface area (Å²) in [6.07, 6.45) is 2.99. The van der Waals surface area contributed by atoms with Gasteiger partial charge in [0.15, 0.2) is 5.79 Å². The molecule has 3 heteroatoms. The summed E-state index contributed by atoms with van der Waals surface area (Å²) in [5.41, 5.74) is 5.67. The first kappa shape index (κ1) is 8.21. The van der Waals surface area contributed by atoms with Gasteiger partial charge in [-0.05, 0) is 43.1 Å². The van der Waals surface area contributed by atoms with Gasteiger partial charge in [-0.25, -0.2) is 0 Å². The fraction of sp³-hybridized carbons (Fsp3) is 1.00. The standard InChI is InChI=1S/C10H17NO2/c11-4-8-6-1-5-2-7(6)9(8)10(12,13)3-5/h5-9,12-13H,1-4,11H2. The summed E-state index contributed by atoms with van der Waals surface area (Å²) < 4.78 is 0. The highest BCUT2D eigenvalue weighted by atomic mass is 16.5. The van der Waals surface area contributed by atoms with Crippen LogP contribution in [0.2, 0.25) is 0 Å². The van der Waals surface area contributed by atoms with E-state index in [0.717, 1.165) is 0 Å². The summed E-state index contributed by atoms with van der Waals surface area (Å²) in [5.74, 6) is 0.903. The summed E-state index contributed by atoms with van der Waals surface area (Å²) in [5, 5.41) is 19.7. The minimum atomic E-state index is -1.40. The lowest BCUT2D eigenvalue weighted by molar-refractivity contribution is -0.274. The van der Waals surface area contributed by atoms with Crippen molar-refractivity contribution in [3.8, 4) is 0 Å². The van der Waals surface area contributed by atoms with Gasteiger partial charge in [0, 0.05) is 12.3 Å². The summed E-state index contributed by atoms with van der Waals surface area (Å²) in [7, 11) is 0. The number of hydrogen-bond acceptors (Lipinski definition) is 3. The molecule has 74 valence electrons. The molecule has 3 nitrogen and oxygen atoms in total. The second-order valence-electron chi connectivity index (χ2n) is 5.17. The van der Waals surface area contributed by atoms with Crippen LogP contribution < -0.4 is 5.73 Å². The zero-order valence-corrected chi connectivity index (χ0v) is 7.69. The van der Waals surface area contributed by atoms with Gasteiger partial charge in [0.05, 0.1) is 0 Å². The monoisotopic (exact) mass is 183 g/mol. The van der Waals surface area contributed by atoms with Gasteiger partial charge in [0.1, 0.15) is 0 Å². The predicted molar refractivity (Wildman–Crippen MR) is 47.5 cm³/mol. The van der Waals surface area contributed by atoms with Crippen LogP contribution >= 0.6 is 0 Å². The van der Waals surface area contributed by atoms with E-state index < -0.39 is 5.79 Å². The summed E-state index contributed by atoms with van der Waals surface area (Å²) in [6.45, 7) is 0.626. The van der Waals surface area contributed by atoms with Crippen molar-refractivity contribution in [3.05, 3.63) is 0 Å². The van der Waals surface area contributed by atoms with Crippen LogP contribution in [0.3, 0.4) is 0 Å². The zero-order chi connectivity index (χ0) is 9.22. The number of rotatable bonds is 1. The highest BCUT2D eigenvalue weighted by Gasteiger charge is 2.65. The minimum absolute atomic E-state index is 0.0845. The molecule has 3 aliphatic carbocycles. The molecular weight excluding hydrogens is 166 g/mol. The molecule has 0 aromatic heterocycles. The Morgan fingerprint density at radius 1 is 1.23 bits per heavy atom. The van der Waals surface area contributed by atoms with E-state index in [2.05, 4.69) is 0 Å². The Labute approximate surface area is 77.9 Å². The molecule has 3 saturated carbocycles. The van der Waals surface area contributed by atoms with Gasteiger partial charge in [0.25, 0.3) is 0 Å². The van der Waals surface area contributed by atoms with Crippen LogP contribution in [0.1, 0.15) is 19.3 Å². The van der Waals surface area contributed by atoms with Crippen molar-refractivity contribution in [1.29, 1.82) is 0 Å². The van der Waals surface area contributed by atoms with Crippen LogP contribution in [0.15, 0.2) is 0 Å². The third kappa shape index (κ3) is 0.853. The van der Waals surface area contributed by atoms with Crippen LogP contribution in [0.5, 0.6) is 0 Å². The zero-order valence-electron chi connectivity index (χ0n) is 7.69. The molecule has 2 bridgehead atoms. The Bertz CT molecular complexity index is 241. The molecule has 0 spiro atoms. The van der Waals surface area contributed by atoms with Crippen molar-refractivity contribution in [1.82, 2.24) is 0 Å². The topological polar surface area (TPSA) is 66.5 Å². The third-order valence-electron chi connectivity index (χ3n) is 4.63. The molecule has 0 aromatic rings. The second kappa shape index (κ2) is 2.27. The Balaban J connectivity index is 1.94. The van der Waals surface area contributed by atoms with Crippen LogP contribution in [-0.2, 0) is 0 Å². The lowest BCUT2D eigenvalue weighted by atomic mass is 9.54. The Hall–Kier alpha value is -0.120. The third-order valence-corrected chi connectivity index (χ3v) is 4.63. The molecule has 5 atom stereocenters. The maximum Gasteiger partial charge on any atom is 0.166 e. The van der Waals surface area contributed by atoms with Crippen LogP contribution in [0.25, 0.3) is 0 Å². The Kier molecular flexibility index (Phi) is 1.43. The maximum atomic E-state index is 9.86. The molecular formula is C10H17NO2. The van der Waals surface area contributed by atoms with E-state index in [4.69, 9.17) is 5.73 Å². The van der Waals surface area contributed by atoms with E-state index in [1.54, 1.807) is 0 Å². The summed E-state index contributed by atoms with van der Waals surface area (Å²) in [6, 6.07) is 0. The van der Waals surface area contributed by atoms with Crippen molar-refractivity contribution in [2.24, 2.45) is 35.3 Å². The minimum Gasteiger partial charge on any atom is -0.365 e. The lowest BCUT2D eigenvalue weighted by Crippen LogP contribution is -2.59. The SMILES string of the molecule is NCC1C2CC3CC2C1C(O)(O)C3. The fourth-order valence-electron chi connectivity index (χ4n) is 4.29. The second-order valence-corrected chi connectivity index (χ2v) is 5.17. The number of fused-ring (bicyclic) bond motifs is 1. The first-order valence-corrected chi connectivity index (χ1v) is 5.28. The van der Waals surface area contributed by atoms with Crippen molar-refractivity contribution in [3.63, 3.8) is 0 Å². The highest BCUT2D eigenvalue weighted by molar-refractivity contribution is 5.11. The van der Waals surface area contributed by atoms with Crippen molar-refractivity contribution >= 4 is 0 Å². The average Bonchev–Trinajstić information content (AvgIpc) is 2.25. The van der Waals surface area contributed by atoms with Crippen molar-refractivity contribution in [2.75, 3.05) is 6.54 Å². The van der Waals surface area contributed by atoms with E-state index in [1.165, 1.54) is 12.8 Å². The Morgan fingerprint density at radius 3 is 2.62 bits per heavy atom. The van der Waals surface area contributed by atoms with Gasteiger partial charge >= 0.3 is 0 Å². The first-order valence-electron chi connectivity index (χ1n) is 5.28. The maximum absolute atomic E-state index is 9.86. The Morgan fingerprint density at radius 2 is 1.92 bits per heavy atom. The fourth-order valence-corrected chi connectivity index (χ4v) is 4.29. The molecule has 0 heterocycles. The molecule has 3 fully saturated rings. The first-order chi connectivity index (χ1) is 6.13. The normalized spacial score (nSPS) is 56.1. The predicted octanol–water partition coefficient (Wildman–Crippen LogP) is -0.0819. The summed E-state index contributed by atoms with van der Waals surface area (Å²) in [4.78, 5) is 0. The molecule has 0 saturated heterocycles. The van der Waals surface area contributed by atoms with E-state index in [-0.39, 0.29) is 5.92 Å². The molecule has 3 aliphatic rings. The smallest absolute Gasteiger partial charge is 0.166 e. The molecule has 3 rings (SSSR count). The van der Waals surface area contributed by atoms with Gasteiger partial charge < -0.3 is 15.9 Å². The van der Waals surface area contributed by atoms with E-state index in [9.17, 15) is 10.2 Å². The van der Waals surface area contributed by atoms with E-state index >= 15 is 0 Å². The molecule has 4 N–H and O–H groups in total. The van der Waals surface area contributed by atoms with Crippen molar-refractivity contribution in [2.45, 2.75) is 25.0 Å².